The summed E-state index contributed by atoms with van der Waals surface area (Å²) in [7, 11) is 1.63. The van der Waals surface area contributed by atoms with Crippen molar-refractivity contribution in [1.29, 1.82) is 0 Å². The zero-order valence-electron chi connectivity index (χ0n) is 10.4. The van der Waals surface area contributed by atoms with E-state index in [1.807, 2.05) is 31.2 Å². The third kappa shape index (κ3) is 3.10. The van der Waals surface area contributed by atoms with Crippen LogP contribution < -0.4 is 14.8 Å². The number of ether oxygens (including phenoxy) is 2. The van der Waals surface area contributed by atoms with Gasteiger partial charge in [0, 0.05) is 12.6 Å². The molecule has 1 aromatic heterocycles. The van der Waals surface area contributed by atoms with E-state index in [1.54, 1.807) is 13.2 Å². The molecule has 0 aliphatic heterocycles. The summed E-state index contributed by atoms with van der Waals surface area (Å²) >= 11 is 0. The van der Waals surface area contributed by atoms with E-state index in [0.717, 1.165) is 18.1 Å². The quantitative estimate of drug-likeness (QED) is 0.877. The van der Waals surface area contributed by atoms with Crippen molar-refractivity contribution < 1.29 is 9.47 Å². The van der Waals surface area contributed by atoms with Crippen LogP contribution in [-0.4, -0.2) is 23.6 Å². The second-order valence-electron chi connectivity index (χ2n) is 3.55. The van der Waals surface area contributed by atoms with Crippen LogP contribution in [0, 0.1) is 0 Å². The molecule has 2 aromatic rings. The van der Waals surface area contributed by atoms with E-state index in [1.165, 1.54) is 6.33 Å². The molecule has 5 nitrogen and oxygen atoms in total. The third-order valence-corrected chi connectivity index (χ3v) is 2.28. The predicted molar refractivity (Wildman–Crippen MR) is 69.3 cm³/mol. The minimum Gasteiger partial charge on any atom is -0.497 e. The van der Waals surface area contributed by atoms with Gasteiger partial charge in [-0.2, -0.15) is 0 Å². The summed E-state index contributed by atoms with van der Waals surface area (Å²) < 4.78 is 10.7. The molecule has 1 N–H and O–H groups in total. The smallest absolute Gasteiger partial charge is 0.224 e. The Balaban J connectivity index is 2.09. The molecule has 0 aliphatic rings. The maximum atomic E-state index is 5.62. The molecule has 5 heteroatoms. The molecular weight excluding hydrogens is 230 g/mol. The average molecular weight is 245 g/mol. The molecule has 0 aliphatic carbocycles. The number of methoxy groups -OCH3 is 1. The monoisotopic (exact) mass is 245 g/mol. The number of nitrogens with one attached hydrogen (secondary N) is 1. The van der Waals surface area contributed by atoms with Crippen LogP contribution in [0.25, 0.3) is 0 Å². The third-order valence-electron chi connectivity index (χ3n) is 2.28. The predicted octanol–water partition coefficient (Wildman–Crippen LogP) is 2.71. The van der Waals surface area contributed by atoms with Crippen molar-refractivity contribution in [3.63, 3.8) is 0 Å². The van der Waals surface area contributed by atoms with Crippen LogP contribution in [-0.2, 0) is 0 Å². The maximum absolute atomic E-state index is 5.62. The first-order valence-electron chi connectivity index (χ1n) is 5.69. The number of anilines is 1. The van der Waals surface area contributed by atoms with Crippen LogP contribution in [0.2, 0.25) is 0 Å². The fourth-order valence-electron chi connectivity index (χ4n) is 1.44. The fourth-order valence-corrected chi connectivity index (χ4v) is 1.44. The van der Waals surface area contributed by atoms with Gasteiger partial charge in [-0.15, -0.1) is 0 Å². The lowest BCUT2D eigenvalue weighted by atomic mass is 10.3. The molecule has 18 heavy (non-hydrogen) atoms. The highest BCUT2D eigenvalue weighted by atomic mass is 16.5. The lowest BCUT2D eigenvalue weighted by Gasteiger charge is -2.07. The van der Waals surface area contributed by atoms with Crippen molar-refractivity contribution >= 4 is 5.82 Å². The number of hydrogen-bond acceptors (Lipinski definition) is 5. The SMILES string of the molecule is CCNc1cc(Oc2ccc(OC)cc2)ncn1. The van der Waals surface area contributed by atoms with E-state index in [9.17, 15) is 0 Å². The average Bonchev–Trinajstić information content (AvgIpc) is 2.40. The molecule has 0 radical (unpaired) electrons. The topological polar surface area (TPSA) is 56.3 Å². The lowest BCUT2D eigenvalue weighted by Crippen LogP contribution is -2.00. The zero-order valence-corrected chi connectivity index (χ0v) is 10.4. The molecule has 1 aromatic carbocycles. The van der Waals surface area contributed by atoms with E-state index in [2.05, 4.69) is 15.3 Å². The minimum atomic E-state index is 0.506. The molecule has 0 unspecified atom stereocenters. The Morgan fingerprint density at radius 2 is 1.83 bits per heavy atom. The van der Waals surface area contributed by atoms with E-state index in [-0.39, 0.29) is 0 Å². The number of nitrogens with zero attached hydrogens (tertiary/aromatic N) is 2. The van der Waals surface area contributed by atoms with Crippen LogP contribution >= 0.6 is 0 Å². The normalized spacial score (nSPS) is 9.89. The van der Waals surface area contributed by atoms with Gasteiger partial charge < -0.3 is 14.8 Å². The fraction of sp³-hybridized carbons (Fsp3) is 0.231. The van der Waals surface area contributed by atoms with Crippen LogP contribution in [0.5, 0.6) is 17.4 Å². The molecule has 0 atom stereocenters. The van der Waals surface area contributed by atoms with Crippen molar-refractivity contribution in [2.24, 2.45) is 0 Å². The van der Waals surface area contributed by atoms with Gasteiger partial charge in [-0.25, -0.2) is 9.97 Å². The van der Waals surface area contributed by atoms with Crippen molar-refractivity contribution in [3.8, 4) is 17.4 Å². The Morgan fingerprint density at radius 3 is 2.50 bits per heavy atom. The summed E-state index contributed by atoms with van der Waals surface area (Å²) in [5.74, 6) is 2.75. The molecule has 94 valence electrons. The molecule has 0 amide bonds. The molecule has 0 fully saturated rings. The first-order valence-corrected chi connectivity index (χ1v) is 5.69. The molecule has 2 rings (SSSR count). The van der Waals surface area contributed by atoms with Crippen molar-refractivity contribution in [1.82, 2.24) is 9.97 Å². The van der Waals surface area contributed by atoms with Crippen molar-refractivity contribution in [3.05, 3.63) is 36.7 Å². The Kier molecular flexibility index (Phi) is 3.96. The number of rotatable bonds is 5. The minimum absolute atomic E-state index is 0.506. The summed E-state index contributed by atoms with van der Waals surface area (Å²) in [6.45, 7) is 2.81. The highest BCUT2D eigenvalue weighted by molar-refractivity contribution is 5.39. The van der Waals surface area contributed by atoms with Gasteiger partial charge in [0.2, 0.25) is 5.88 Å². The summed E-state index contributed by atoms with van der Waals surface area (Å²) in [5, 5.41) is 3.10. The van der Waals surface area contributed by atoms with Gasteiger partial charge in [0.1, 0.15) is 23.6 Å². The van der Waals surface area contributed by atoms with Gasteiger partial charge >= 0.3 is 0 Å². The Hall–Kier alpha value is -2.30. The summed E-state index contributed by atoms with van der Waals surface area (Å²) in [6, 6.07) is 9.08. The van der Waals surface area contributed by atoms with Gasteiger partial charge in [-0.1, -0.05) is 0 Å². The van der Waals surface area contributed by atoms with Gasteiger partial charge in [0.15, 0.2) is 0 Å². The first-order chi connectivity index (χ1) is 8.81. The summed E-state index contributed by atoms with van der Waals surface area (Å²) in [6.07, 6.45) is 1.47. The second-order valence-corrected chi connectivity index (χ2v) is 3.55. The highest BCUT2D eigenvalue weighted by Gasteiger charge is 2.01. The number of hydrogen-bond donors (Lipinski definition) is 1. The largest absolute Gasteiger partial charge is 0.497 e. The molecule has 0 bridgehead atoms. The molecule has 0 spiro atoms. The van der Waals surface area contributed by atoms with Gasteiger partial charge in [-0.05, 0) is 31.2 Å². The number of benzene rings is 1. The van der Waals surface area contributed by atoms with Gasteiger partial charge in [-0.3, -0.25) is 0 Å². The Morgan fingerprint density at radius 1 is 1.11 bits per heavy atom. The van der Waals surface area contributed by atoms with Gasteiger partial charge in [0.25, 0.3) is 0 Å². The van der Waals surface area contributed by atoms with E-state index < -0.39 is 0 Å². The standard InChI is InChI=1S/C13H15N3O2/c1-3-14-12-8-13(16-9-15-12)18-11-6-4-10(17-2)5-7-11/h4-9H,3H2,1-2H3,(H,14,15,16). The zero-order chi connectivity index (χ0) is 12.8. The molecule has 0 saturated heterocycles. The number of aromatic nitrogens is 2. The molecule has 0 saturated carbocycles. The van der Waals surface area contributed by atoms with E-state index >= 15 is 0 Å². The van der Waals surface area contributed by atoms with Crippen molar-refractivity contribution in [2.75, 3.05) is 19.0 Å². The first kappa shape index (κ1) is 12.2. The van der Waals surface area contributed by atoms with Crippen LogP contribution in [0.4, 0.5) is 5.82 Å². The highest BCUT2D eigenvalue weighted by Crippen LogP contribution is 2.23. The summed E-state index contributed by atoms with van der Waals surface area (Å²) in [4.78, 5) is 8.13. The van der Waals surface area contributed by atoms with E-state index in [0.29, 0.717) is 11.6 Å². The molecular formula is C13H15N3O2. The second kappa shape index (κ2) is 5.86. The van der Waals surface area contributed by atoms with Crippen LogP contribution in [0.3, 0.4) is 0 Å². The maximum Gasteiger partial charge on any atom is 0.224 e. The molecule has 1 heterocycles. The lowest BCUT2D eigenvalue weighted by molar-refractivity contribution is 0.412. The Labute approximate surface area is 106 Å². The summed E-state index contributed by atoms with van der Waals surface area (Å²) in [5.41, 5.74) is 0. The van der Waals surface area contributed by atoms with E-state index in [4.69, 9.17) is 9.47 Å². The van der Waals surface area contributed by atoms with Crippen molar-refractivity contribution in [2.45, 2.75) is 6.92 Å². The Bertz CT molecular complexity index is 500. The van der Waals surface area contributed by atoms with Crippen LogP contribution in [0.1, 0.15) is 6.92 Å². The van der Waals surface area contributed by atoms with Gasteiger partial charge in [0.05, 0.1) is 7.11 Å². The van der Waals surface area contributed by atoms with Crippen LogP contribution in [0.15, 0.2) is 36.7 Å².